The van der Waals surface area contributed by atoms with E-state index in [4.69, 9.17) is 16.3 Å². The van der Waals surface area contributed by atoms with Crippen molar-refractivity contribution in [3.8, 4) is 0 Å². The summed E-state index contributed by atoms with van der Waals surface area (Å²) in [7, 11) is 3.08. The molecule has 0 aliphatic rings. The lowest BCUT2D eigenvalue weighted by Gasteiger charge is -2.17. The molecule has 0 aliphatic carbocycles. The van der Waals surface area contributed by atoms with Crippen molar-refractivity contribution in [2.75, 3.05) is 19.4 Å². The molecule has 0 aromatic heterocycles. The molecular weight excluding hydrogens is 386 g/mol. The predicted molar refractivity (Wildman–Crippen MR) is 105 cm³/mol. The molecule has 0 saturated carbocycles. The smallest absolute Gasteiger partial charge is 0.339 e. The van der Waals surface area contributed by atoms with Crippen molar-refractivity contribution < 1.29 is 19.2 Å². The Balaban J connectivity index is 2.18. The van der Waals surface area contributed by atoms with Crippen LogP contribution in [0.5, 0.6) is 0 Å². The van der Waals surface area contributed by atoms with E-state index in [1.165, 1.54) is 38.1 Å². The summed E-state index contributed by atoms with van der Waals surface area (Å²) in [6.07, 6.45) is -1.00. The molecule has 28 heavy (non-hydrogen) atoms. The molecule has 1 atom stereocenters. The van der Waals surface area contributed by atoms with Gasteiger partial charge in [-0.2, -0.15) is 0 Å². The molecule has 0 aliphatic heterocycles. The summed E-state index contributed by atoms with van der Waals surface area (Å²) in [6, 6.07) is 11.1. The van der Waals surface area contributed by atoms with Crippen LogP contribution in [-0.4, -0.2) is 41.9 Å². The van der Waals surface area contributed by atoms with Gasteiger partial charge in [0, 0.05) is 31.7 Å². The number of likely N-dealkylation sites (N-methyl/N-ethyl adjacent to an activating group) is 1. The maximum atomic E-state index is 12.2. The standard InChI is InChI=1S/C19H20ClN3O5/c1-12(18(24)22(2)3)28-19(25)13-8-9-16(17(10-13)23(26)27)21-11-14-6-4-5-7-15(14)20/h4-10,12,21H,11H2,1-3H3/t12-/m1/s1. The predicted octanol–water partition coefficient (Wildman–Crippen LogP) is 3.49. The molecule has 148 valence electrons. The topological polar surface area (TPSA) is 102 Å². The van der Waals surface area contributed by atoms with Crippen LogP contribution in [0.3, 0.4) is 0 Å². The average Bonchev–Trinajstić information content (AvgIpc) is 2.66. The van der Waals surface area contributed by atoms with Gasteiger partial charge in [0.25, 0.3) is 11.6 Å². The van der Waals surface area contributed by atoms with Gasteiger partial charge in [0.2, 0.25) is 0 Å². The van der Waals surface area contributed by atoms with E-state index in [9.17, 15) is 19.7 Å². The van der Waals surface area contributed by atoms with Gasteiger partial charge in [-0.25, -0.2) is 4.79 Å². The molecule has 2 aromatic rings. The van der Waals surface area contributed by atoms with Gasteiger partial charge >= 0.3 is 5.97 Å². The van der Waals surface area contributed by atoms with Crippen molar-refractivity contribution in [1.29, 1.82) is 0 Å². The molecule has 0 unspecified atom stereocenters. The van der Waals surface area contributed by atoms with E-state index in [1.807, 2.05) is 6.07 Å². The van der Waals surface area contributed by atoms with E-state index in [2.05, 4.69) is 5.32 Å². The molecule has 9 heteroatoms. The van der Waals surface area contributed by atoms with Gasteiger partial charge in [0.15, 0.2) is 6.10 Å². The second-order valence-electron chi connectivity index (χ2n) is 6.21. The minimum absolute atomic E-state index is 0.0200. The van der Waals surface area contributed by atoms with Crippen LogP contribution in [0, 0.1) is 10.1 Å². The van der Waals surface area contributed by atoms with Crippen molar-refractivity contribution in [1.82, 2.24) is 4.90 Å². The SMILES string of the molecule is C[C@@H](OC(=O)c1ccc(NCc2ccccc2Cl)c([N+](=O)[O-])c1)C(=O)N(C)C. The van der Waals surface area contributed by atoms with E-state index in [-0.39, 0.29) is 29.4 Å². The summed E-state index contributed by atoms with van der Waals surface area (Å²) in [5.74, 6) is -1.20. The highest BCUT2D eigenvalue weighted by Gasteiger charge is 2.23. The first kappa shape index (κ1) is 21.2. The first-order chi connectivity index (χ1) is 13.2. The zero-order valence-corrected chi connectivity index (χ0v) is 16.4. The lowest BCUT2D eigenvalue weighted by molar-refractivity contribution is -0.384. The zero-order valence-electron chi connectivity index (χ0n) is 15.6. The molecule has 0 fully saturated rings. The largest absolute Gasteiger partial charge is 0.449 e. The van der Waals surface area contributed by atoms with Crippen LogP contribution in [0.25, 0.3) is 0 Å². The van der Waals surface area contributed by atoms with Crippen LogP contribution < -0.4 is 5.32 Å². The van der Waals surface area contributed by atoms with E-state index in [0.717, 1.165) is 11.6 Å². The van der Waals surface area contributed by atoms with Crippen molar-refractivity contribution in [3.63, 3.8) is 0 Å². The lowest BCUT2D eigenvalue weighted by atomic mass is 10.1. The molecule has 8 nitrogen and oxygen atoms in total. The molecule has 0 radical (unpaired) electrons. The number of carbonyl (C=O) groups is 2. The van der Waals surface area contributed by atoms with Crippen molar-refractivity contribution in [3.05, 3.63) is 68.7 Å². The Morgan fingerprint density at radius 1 is 1.25 bits per heavy atom. The van der Waals surface area contributed by atoms with Crippen LogP contribution in [0.2, 0.25) is 5.02 Å². The Hall–Kier alpha value is -3.13. The van der Waals surface area contributed by atoms with E-state index >= 15 is 0 Å². The molecule has 0 spiro atoms. The molecule has 0 bridgehead atoms. The van der Waals surface area contributed by atoms with Gasteiger partial charge in [-0.3, -0.25) is 14.9 Å². The Morgan fingerprint density at radius 2 is 1.93 bits per heavy atom. The summed E-state index contributed by atoms with van der Waals surface area (Å²) in [6.45, 7) is 1.72. The van der Waals surface area contributed by atoms with Crippen molar-refractivity contribution in [2.45, 2.75) is 19.6 Å². The number of ether oxygens (including phenoxy) is 1. The number of nitrogens with zero attached hydrogens (tertiary/aromatic N) is 2. The fraction of sp³-hybridized carbons (Fsp3) is 0.263. The Labute approximate surface area is 167 Å². The molecule has 0 saturated heterocycles. The number of anilines is 1. The van der Waals surface area contributed by atoms with Gasteiger partial charge < -0.3 is 15.0 Å². The molecule has 0 heterocycles. The van der Waals surface area contributed by atoms with E-state index in [1.54, 1.807) is 18.2 Å². The fourth-order valence-electron chi connectivity index (χ4n) is 2.43. The first-order valence-electron chi connectivity index (χ1n) is 8.38. The Kier molecular flexibility index (Phi) is 6.94. The monoisotopic (exact) mass is 405 g/mol. The van der Waals surface area contributed by atoms with E-state index < -0.39 is 17.0 Å². The highest BCUT2D eigenvalue weighted by molar-refractivity contribution is 6.31. The van der Waals surface area contributed by atoms with Gasteiger partial charge in [-0.15, -0.1) is 0 Å². The third-order valence-corrected chi connectivity index (χ3v) is 4.30. The molecule has 2 aromatic carbocycles. The quantitative estimate of drug-likeness (QED) is 0.429. The van der Waals surface area contributed by atoms with Crippen LogP contribution >= 0.6 is 11.6 Å². The maximum Gasteiger partial charge on any atom is 0.339 e. The second-order valence-corrected chi connectivity index (χ2v) is 6.62. The highest BCUT2D eigenvalue weighted by Crippen LogP contribution is 2.27. The van der Waals surface area contributed by atoms with Gasteiger partial charge in [-0.05, 0) is 30.7 Å². The van der Waals surface area contributed by atoms with Crippen LogP contribution in [0.4, 0.5) is 11.4 Å². The second kappa shape index (κ2) is 9.18. The Bertz CT molecular complexity index is 901. The fourth-order valence-corrected chi connectivity index (χ4v) is 2.64. The van der Waals surface area contributed by atoms with Gasteiger partial charge in [-0.1, -0.05) is 29.8 Å². The minimum atomic E-state index is -1.00. The number of hydrogen-bond acceptors (Lipinski definition) is 6. The normalized spacial score (nSPS) is 11.4. The molecule has 2 rings (SSSR count). The summed E-state index contributed by atoms with van der Waals surface area (Å²) >= 11 is 6.09. The highest BCUT2D eigenvalue weighted by atomic mass is 35.5. The summed E-state index contributed by atoms with van der Waals surface area (Å²) in [5.41, 5.74) is 0.707. The van der Waals surface area contributed by atoms with Crippen LogP contribution in [-0.2, 0) is 16.1 Å². The van der Waals surface area contributed by atoms with Gasteiger partial charge in [0.05, 0.1) is 10.5 Å². The number of rotatable bonds is 7. The number of nitrogens with one attached hydrogen (secondary N) is 1. The number of halogens is 1. The van der Waals surface area contributed by atoms with Gasteiger partial charge in [0.1, 0.15) is 5.69 Å². The third kappa shape index (κ3) is 5.20. The number of benzene rings is 2. The molecule has 1 amide bonds. The number of esters is 1. The van der Waals surface area contributed by atoms with Crippen molar-refractivity contribution >= 4 is 34.9 Å². The van der Waals surface area contributed by atoms with Crippen LogP contribution in [0.15, 0.2) is 42.5 Å². The van der Waals surface area contributed by atoms with E-state index in [0.29, 0.717) is 5.02 Å². The summed E-state index contributed by atoms with van der Waals surface area (Å²) in [4.78, 5) is 36.2. The maximum absolute atomic E-state index is 12.2. The number of nitro benzene ring substituents is 1. The van der Waals surface area contributed by atoms with Crippen molar-refractivity contribution in [2.24, 2.45) is 0 Å². The molecular formula is C19H20ClN3O5. The summed E-state index contributed by atoms with van der Waals surface area (Å²) < 4.78 is 5.09. The first-order valence-corrected chi connectivity index (χ1v) is 8.76. The average molecular weight is 406 g/mol. The number of nitro groups is 1. The number of hydrogen-bond donors (Lipinski definition) is 1. The number of amides is 1. The number of carbonyl (C=O) groups excluding carboxylic acids is 2. The lowest BCUT2D eigenvalue weighted by Crippen LogP contribution is -2.34. The minimum Gasteiger partial charge on any atom is -0.449 e. The summed E-state index contributed by atoms with van der Waals surface area (Å²) in [5, 5.41) is 14.9. The Morgan fingerprint density at radius 3 is 2.54 bits per heavy atom. The van der Waals surface area contributed by atoms with Crippen LogP contribution in [0.1, 0.15) is 22.8 Å². The molecule has 1 N–H and O–H groups in total. The third-order valence-electron chi connectivity index (χ3n) is 3.93. The zero-order chi connectivity index (χ0) is 20.8.